The van der Waals surface area contributed by atoms with Gasteiger partial charge in [-0.25, -0.2) is 0 Å². The Morgan fingerprint density at radius 1 is 0.951 bits per heavy atom. The van der Waals surface area contributed by atoms with E-state index in [1.54, 1.807) is 24.5 Å². The number of hydrogen-bond donors (Lipinski definition) is 3. The van der Waals surface area contributed by atoms with Crippen molar-refractivity contribution >= 4 is 22.7 Å². The van der Waals surface area contributed by atoms with E-state index in [2.05, 4.69) is 39.7 Å². The van der Waals surface area contributed by atoms with Crippen LogP contribution in [0.5, 0.6) is 11.5 Å². The maximum Gasteiger partial charge on any atom is 0.276 e. The van der Waals surface area contributed by atoms with Crippen LogP contribution in [0.2, 0.25) is 0 Å². The summed E-state index contributed by atoms with van der Waals surface area (Å²) in [4.78, 5) is 30.5. The van der Waals surface area contributed by atoms with Crippen LogP contribution in [0.4, 0.5) is 0 Å². The lowest BCUT2D eigenvalue weighted by Gasteiger charge is -2.16. The predicted octanol–water partition coefficient (Wildman–Crippen LogP) is 6.61. The number of aromatic nitrogens is 3. The van der Waals surface area contributed by atoms with Crippen LogP contribution in [0.15, 0.2) is 102 Å². The fraction of sp³-hybridized carbons (Fsp3) is 0.212. The largest absolute Gasteiger partial charge is 0.456 e. The van der Waals surface area contributed by atoms with E-state index in [9.17, 15) is 9.59 Å². The standard InChI is InChI=1S/C33H33N5O3/c1-4-24(5-2)35-32(39)28-15-14-25(13-11-21(28)3)36-33(40)31-29-18-22(12-16-30(29)37-38-31)23-17-27(20-34-19-23)41-26-9-7-6-8-10-26/h6-10,12-20,24H,4-5,11H2,1-3H3,(H,35,39)(H,36,40)(H,37,38). The van der Waals surface area contributed by atoms with Crippen molar-refractivity contribution in [1.82, 2.24) is 25.8 Å². The molecule has 2 amide bonds. The second kappa shape index (κ2) is 12.5. The van der Waals surface area contributed by atoms with Gasteiger partial charge >= 0.3 is 0 Å². The summed E-state index contributed by atoms with van der Waals surface area (Å²) in [5, 5.41) is 14.0. The lowest BCUT2D eigenvalue weighted by Crippen LogP contribution is -2.34. The first kappa shape index (κ1) is 27.6. The second-order valence-corrected chi connectivity index (χ2v) is 9.99. The number of ether oxygens (including phenoxy) is 1. The van der Waals surface area contributed by atoms with Crippen molar-refractivity contribution in [2.24, 2.45) is 0 Å². The van der Waals surface area contributed by atoms with Gasteiger partial charge in [-0.3, -0.25) is 19.7 Å². The third-order valence-electron chi connectivity index (χ3n) is 7.14. The van der Waals surface area contributed by atoms with Crippen molar-refractivity contribution in [1.29, 1.82) is 0 Å². The molecule has 5 rings (SSSR count). The normalized spacial score (nSPS) is 13.2. The maximum absolute atomic E-state index is 13.3. The quantitative estimate of drug-likeness (QED) is 0.218. The van der Waals surface area contributed by atoms with Crippen molar-refractivity contribution in [3.05, 3.63) is 108 Å². The molecule has 1 aliphatic rings. The fourth-order valence-corrected chi connectivity index (χ4v) is 4.69. The van der Waals surface area contributed by atoms with Crippen molar-refractivity contribution < 1.29 is 14.3 Å². The van der Waals surface area contributed by atoms with Crippen molar-refractivity contribution in [2.45, 2.75) is 46.1 Å². The van der Waals surface area contributed by atoms with E-state index in [0.29, 0.717) is 28.8 Å². The van der Waals surface area contributed by atoms with E-state index in [0.717, 1.165) is 40.8 Å². The van der Waals surface area contributed by atoms with Gasteiger partial charge in [0, 0.05) is 34.5 Å². The third kappa shape index (κ3) is 6.44. The number of rotatable bonds is 9. The lowest BCUT2D eigenvalue weighted by molar-refractivity contribution is -0.118. The monoisotopic (exact) mass is 547 g/mol. The molecule has 0 saturated carbocycles. The van der Waals surface area contributed by atoms with Crippen LogP contribution < -0.4 is 15.4 Å². The van der Waals surface area contributed by atoms with Gasteiger partial charge in [-0.05, 0) is 74.2 Å². The van der Waals surface area contributed by atoms with Crippen LogP contribution in [0.1, 0.15) is 50.5 Å². The minimum atomic E-state index is -0.342. The van der Waals surface area contributed by atoms with E-state index >= 15 is 0 Å². The van der Waals surface area contributed by atoms with E-state index in [4.69, 9.17) is 4.74 Å². The van der Waals surface area contributed by atoms with Gasteiger partial charge < -0.3 is 15.4 Å². The molecule has 41 heavy (non-hydrogen) atoms. The number of allylic oxidation sites excluding steroid dienone is 3. The highest BCUT2D eigenvalue weighted by Gasteiger charge is 2.19. The molecule has 8 nitrogen and oxygen atoms in total. The predicted molar refractivity (Wildman–Crippen MR) is 160 cm³/mol. The van der Waals surface area contributed by atoms with Crippen LogP contribution in [-0.4, -0.2) is 33.0 Å². The average Bonchev–Trinajstić information content (AvgIpc) is 3.33. The SMILES string of the molecule is CCC(CC)NC(=O)C1=C(C)CC=C(NC(=O)c2n[nH]c3ccc(-c4cncc(Oc5ccccc5)c4)cc23)C=C1. The molecule has 0 fully saturated rings. The first-order chi connectivity index (χ1) is 19.9. The highest BCUT2D eigenvalue weighted by molar-refractivity contribution is 6.06. The Morgan fingerprint density at radius 2 is 1.76 bits per heavy atom. The molecule has 0 unspecified atom stereocenters. The fourth-order valence-electron chi connectivity index (χ4n) is 4.69. The number of nitrogens with one attached hydrogen (secondary N) is 3. The number of para-hydroxylation sites is 1. The second-order valence-electron chi connectivity index (χ2n) is 9.99. The number of benzene rings is 2. The number of fused-ring (bicyclic) bond motifs is 1. The third-order valence-corrected chi connectivity index (χ3v) is 7.14. The summed E-state index contributed by atoms with van der Waals surface area (Å²) in [5.74, 6) is 0.905. The highest BCUT2D eigenvalue weighted by atomic mass is 16.5. The molecule has 0 bridgehead atoms. The van der Waals surface area contributed by atoms with Crippen molar-refractivity contribution in [3.8, 4) is 22.6 Å². The Hall–Kier alpha value is -4.98. The van der Waals surface area contributed by atoms with E-state index in [-0.39, 0.29) is 23.6 Å². The maximum atomic E-state index is 13.3. The Morgan fingerprint density at radius 3 is 2.54 bits per heavy atom. The van der Waals surface area contributed by atoms with Gasteiger partial charge in [0.15, 0.2) is 5.69 Å². The topological polar surface area (TPSA) is 109 Å². The molecule has 0 aliphatic heterocycles. The number of hydrogen-bond acceptors (Lipinski definition) is 5. The summed E-state index contributed by atoms with van der Waals surface area (Å²) in [7, 11) is 0. The zero-order chi connectivity index (χ0) is 28.8. The van der Waals surface area contributed by atoms with Crippen LogP contribution in [0.3, 0.4) is 0 Å². The zero-order valence-corrected chi connectivity index (χ0v) is 23.4. The highest BCUT2D eigenvalue weighted by Crippen LogP contribution is 2.29. The molecule has 208 valence electrons. The zero-order valence-electron chi connectivity index (χ0n) is 23.4. The summed E-state index contributed by atoms with van der Waals surface area (Å²) in [6.07, 6.45) is 11.2. The molecule has 0 atom stereocenters. The molecular weight excluding hydrogens is 514 g/mol. The van der Waals surface area contributed by atoms with E-state index in [1.165, 1.54) is 0 Å². The molecule has 3 N–H and O–H groups in total. The van der Waals surface area contributed by atoms with Gasteiger partial charge in [0.1, 0.15) is 11.5 Å². The number of amides is 2. The van der Waals surface area contributed by atoms with Gasteiger partial charge in [-0.15, -0.1) is 0 Å². The molecule has 2 aromatic heterocycles. The molecule has 1 aliphatic carbocycles. The number of aromatic amines is 1. The molecule has 8 heteroatoms. The van der Waals surface area contributed by atoms with Gasteiger partial charge in [0.05, 0.1) is 11.7 Å². The molecular formula is C33H33N5O3. The van der Waals surface area contributed by atoms with Crippen LogP contribution in [0, 0.1) is 0 Å². The average molecular weight is 548 g/mol. The van der Waals surface area contributed by atoms with Crippen molar-refractivity contribution in [3.63, 3.8) is 0 Å². The molecule has 2 heterocycles. The Bertz CT molecular complexity index is 1660. The molecule has 2 aromatic carbocycles. The Labute approximate surface area is 239 Å². The summed E-state index contributed by atoms with van der Waals surface area (Å²) in [6.45, 7) is 6.05. The Balaban J connectivity index is 1.33. The summed E-state index contributed by atoms with van der Waals surface area (Å²) < 4.78 is 5.94. The first-order valence-electron chi connectivity index (χ1n) is 13.8. The first-order valence-corrected chi connectivity index (χ1v) is 13.8. The van der Waals surface area contributed by atoms with Crippen LogP contribution in [-0.2, 0) is 4.79 Å². The van der Waals surface area contributed by atoms with Gasteiger partial charge in [-0.2, -0.15) is 5.10 Å². The smallest absolute Gasteiger partial charge is 0.276 e. The molecule has 4 aromatic rings. The van der Waals surface area contributed by atoms with Gasteiger partial charge in [-0.1, -0.05) is 49.8 Å². The van der Waals surface area contributed by atoms with Crippen LogP contribution in [0.25, 0.3) is 22.0 Å². The summed E-state index contributed by atoms with van der Waals surface area (Å²) >= 11 is 0. The lowest BCUT2D eigenvalue weighted by atomic mass is 10.0. The number of H-pyrrole nitrogens is 1. The number of carbonyl (C=O) groups is 2. The minimum absolute atomic E-state index is 0.0908. The molecule has 0 saturated heterocycles. The summed E-state index contributed by atoms with van der Waals surface area (Å²) in [5.41, 5.74) is 4.92. The van der Waals surface area contributed by atoms with Crippen LogP contribution >= 0.6 is 0 Å². The van der Waals surface area contributed by atoms with Gasteiger partial charge in [0.25, 0.3) is 11.8 Å². The number of pyridine rings is 1. The number of nitrogens with zero attached hydrogens (tertiary/aromatic N) is 2. The minimum Gasteiger partial charge on any atom is -0.456 e. The summed E-state index contributed by atoms with van der Waals surface area (Å²) in [6, 6.07) is 17.3. The van der Waals surface area contributed by atoms with E-state index < -0.39 is 0 Å². The Kier molecular flexibility index (Phi) is 8.39. The molecule has 0 radical (unpaired) electrons. The van der Waals surface area contributed by atoms with E-state index in [1.807, 2.05) is 67.6 Å². The number of carbonyl (C=O) groups excluding carboxylic acids is 2. The van der Waals surface area contributed by atoms with Crippen molar-refractivity contribution in [2.75, 3.05) is 0 Å². The molecule has 0 spiro atoms. The van der Waals surface area contributed by atoms with Gasteiger partial charge in [0.2, 0.25) is 0 Å².